The lowest BCUT2D eigenvalue weighted by molar-refractivity contribution is 0.121. The molecule has 0 saturated heterocycles. The molecule has 0 aliphatic heterocycles. The molecule has 0 saturated carbocycles. The van der Waals surface area contributed by atoms with Gasteiger partial charge in [0.1, 0.15) is 23.2 Å². The Morgan fingerprint density at radius 3 is 2.77 bits per heavy atom. The molecular formula is C20H19ClN6O3. The Morgan fingerprint density at radius 2 is 2.07 bits per heavy atom. The molecule has 0 unspecified atom stereocenters. The van der Waals surface area contributed by atoms with Crippen LogP contribution in [0.1, 0.15) is 35.5 Å². The summed E-state index contributed by atoms with van der Waals surface area (Å²) < 4.78 is 10.8. The number of anilines is 1. The number of hydrogen-bond donors (Lipinski definition) is 1. The van der Waals surface area contributed by atoms with Gasteiger partial charge in [0.25, 0.3) is 0 Å². The van der Waals surface area contributed by atoms with E-state index < -0.39 is 12.2 Å². The number of rotatable bonds is 6. The highest BCUT2D eigenvalue weighted by atomic mass is 35.5. The minimum Gasteiger partial charge on any atom is -0.441 e. The number of carbonyl (C=O) groups excluding carboxylic acids is 1. The summed E-state index contributed by atoms with van der Waals surface area (Å²) in [6, 6.07) is 10.6. The zero-order valence-corrected chi connectivity index (χ0v) is 17.3. The number of nitrogens with zero attached hydrogens (tertiary/aromatic N) is 5. The molecule has 1 aromatic carbocycles. The number of aromatic nitrogens is 2. The van der Waals surface area contributed by atoms with Gasteiger partial charge in [-0.05, 0) is 44.0 Å². The number of pyridine rings is 1. The van der Waals surface area contributed by atoms with E-state index in [9.17, 15) is 4.79 Å². The number of carbonyl (C=O) groups is 1. The molecule has 30 heavy (non-hydrogen) atoms. The molecule has 0 fully saturated rings. The third-order valence-electron chi connectivity index (χ3n) is 4.45. The second-order valence-corrected chi connectivity index (χ2v) is 6.90. The number of azide groups is 1. The summed E-state index contributed by atoms with van der Waals surface area (Å²) in [6.07, 6.45) is -1.23. The lowest BCUT2D eigenvalue weighted by atomic mass is 10.1. The lowest BCUT2D eigenvalue weighted by Crippen LogP contribution is -2.17. The molecule has 3 rings (SSSR count). The fraction of sp³-hybridized carbons (Fsp3) is 0.250. The molecule has 1 amide bonds. The van der Waals surface area contributed by atoms with Crippen LogP contribution < -0.4 is 5.32 Å². The molecule has 154 valence electrons. The van der Waals surface area contributed by atoms with Gasteiger partial charge in [-0.1, -0.05) is 46.1 Å². The Labute approximate surface area is 177 Å². The average Bonchev–Trinajstić information content (AvgIpc) is 3.07. The molecule has 0 bridgehead atoms. The molecule has 2 heterocycles. The van der Waals surface area contributed by atoms with E-state index in [2.05, 4.69) is 25.5 Å². The first kappa shape index (κ1) is 21.2. The predicted octanol–water partition coefficient (Wildman–Crippen LogP) is 6.13. The van der Waals surface area contributed by atoms with Crippen molar-refractivity contribution >= 4 is 23.4 Å². The van der Waals surface area contributed by atoms with Crippen LogP contribution in [0.15, 0.2) is 46.0 Å². The van der Waals surface area contributed by atoms with E-state index in [1.807, 2.05) is 6.07 Å². The molecule has 3 aromatic rings. The van der Waals surface area contributed by atoms with Crippen LogP contribution >= 0.6 is 11.6 Å². The number of benzene rings is 1. The summed E-state index contributed by atoms with van der Waals surface area (Å²) in [6.45, 7) is 5.42. The fourth-order valence-corrected chi connectivity index (χ4v) is 3.13. The van der Waals surface area contributed by atoms with Gasteiger partial charge in [-0.25, -0.2) is 9.78 Å². The van der Waals surface area contributed by atoms with Gasteiger partial charge in [-0.15, -0.1) is 0 Å². The van der Waals surface area contributed by atoms with Crippen molar-refractivity contribution < 1.29 is 14.1 Å². The highest BCUT2D eigenvalue weighted by Gasteiger charge is 2.21. The minimum atomic E-state index is -0.674. The van der Waals surface area contributed by atoms with E-state index in [0.29, 0.717) is 39.1 Å². The van der Waals surface area contributed by atoms with Crippen LogP contribution in [0.3, 0.4) is 0 Å². The number of nitrogens with one attached hydrogen (secondary N) is 1. The summed E-state index contributed by atoms with van der Waals surface area (Å²) in [7, 11) is 0. The Bertz CT molecular complexity index is 1120. The molecule has 1 N–H and O–H groups in total. The van der Waals surface area contributed by atoms with Crippen LogP contribution in [0.2, 0.25) is 5.02 Å². The molecule has 0 radical (unpaired) electrons. The molecule has 2 aromatic heterocycles. The largest absolute Gasteiger partial charge is 0.441 e. The first-order chi connectivity index (χ1) is 14.4. The molecule has 0 aliphatic rings. The van der Waals surface area contributed by atoms with Crippen molar-refractivity contribution in [3.8, 4) is 11.5 Å². The van der Waals surface area contributed by atoms with Crippen LogP contribution in [-0.4, -0.2) is 16.2 Å². The highest BCUT2D eigenvalue weighted by molar-refractivity contribution is 6.31. The second-order valence-electron chi connectivity index (χ2n) is 6.50. The molecule has 1 atom stereocenters. The second kappa shape index (κ2) is 9.30. The van der Waals surface area contributed by atoms with Crippen molar-refractivity contribution in [1.29, 1.82) is 0 Å². The Hall–Kier alpha value is -3.55. The molecule has 9 nitrogen and oxygen atoms in total. The zero-order chi connectivity index (χ0) is 21.7. The van der Waals surface area contributed by atoms with E-state index in [0.717, 1.165) is 5.56 Å². The summed E-state index contributed by atoms with van der Waals surface area (Å²) in [5, 5.41) is 10.7. The van der Waals surface area contributed by atoms with E-state index in [1.165, 1.54) is 0 Å². The van der Waals surface area contributed by atoms with E-state index >= 15 is 0 Å². The number of hydrogen-bond acceptors (Lipinski definition) is 6. The summed E-state index contributed by atoms with van der Waals surface area (Å²) in [5.41, 5.74) is 12.0. The molecule has 0 spiro atoms. The quantitative estimate of drug-likeness (QED) is 0.288. The molecule has 10 heteroatoms. The van der Waals surface area contributed by atoms with Crippen LogP contribution in [0.4, 0.5) is 10.5 Å². The Morgan fingerprint density at radius 1 is 1.30 bits per heavy atom. The average molecular weight is 427 g/mol. The molecular weight excluding hydrogens is 408 g/mol. The number of halogens is 1. The third-order valence-corrected chi connectivity index (χ3v) is 4.79. The number of ether oxygens (including phenoxy) is 1. The smallest absolute Gasteiger partial charge is 0.412 e. The summed E-state index contributed by atoms with van der Waals surface area (Å²) >= 11 is 6.16. The minimum absolute atomic E-state index is 0.197. The maximum atomic E-state index is 12.5. The topological polar surface area (TPSA) is 126 Å². The first-order valence-corrected chi connectivity index (χ1v) is 9.44. The van der Waals surface area contributed by atoms with Crippen LogP contribution in [0.5, 0.6) is 0 Å². The van der Waals surface area contributed by atoms with Crippen LogP contribution in [-0.2, 0) is 11.3 Å². The first-order valence-electron chi connectivity index (χ1n) is 9.06. The fourth-order valence-electron chi connectivity index (χ4n) is 2.84. The Balaban J connectivity index is 1.79. The third kappa shape index (κ3) is 4.71. The van der Waals surface area contributed by atoms with Gasteiger partial charge in [0, 0.05) is 21.2 Å². The maximum absolute atomic E-state index is 12.5. The molecule has 0 aliphatic carbocycles. The van der Waals surface area contributed by atoms with Crippen LogP contribution in [0, 0.1) is 13.8 Å². The normalized spacial score (nSPS) is 11.5. The zero-order valence-electron chi connectivity index (χ0n) is 16.6. The van der Waals surface area contributed by atoms with Crippen molar-refractivity contribution in [1.82, 2.24) is 10.1 Å². The van der Waals surface area contributed by atoms with Gasteiger partial charge in [0.15, 0.2) is 0 Å². The van der Waals surface area contributed by atoms with E-state index in [4.69, 9.17) is 26.4 Å². The summed E-state index contributed by atoms with van der Waals surface area (Å²) in [4.78, 5) is 19.7. The van der Waals surface area contributed by atoms with E-state index in [-0.39, 0.29) is 6.54 Å². The summed E-state index contributed by atoms with van der Waals surface area (Å²) in [5.74, 6) is 0.299. The highest BCUT2D eigenvalue weighted by Crippen LogP contribution is 2.31. The van der Waals surface area contributed by atoms with Gasteiger partial charge in [0.2, 0.25) is 5.76 Å². The Kier molecular flexibility index (Phi) is 6.56. The van der Waals surface area contributed by atoms with Gasteiger partial charge in [-0.2, -0.15) is 0 Å². The van der Waals surface area contributed by atoms with Gasteiger partial charge in [-0.3, -0.25) is 5.32 Å². The maximum Gasteiger partial charge on any atom is 0.412 e. The van der Waals surface area contributed by atoms with Crippen molar-refractivity contribution in [3.63, 3.8) is 0 Å². The standard InChI is InChI=1S/C20H19ClN6O3/c1-11-14(10-23-27-22)8-9-17(24-11)19-18(12(2)26-30-19)25-20(28)29-13(3)15-6-4-5-7-16(15)21/h4-9,13H,10H2,1-3H3,(H,25,28)/t13-/m1/s1. The van der Waals surface area contributed by atoms with Crippen molar-refractivity contribution in [2.24, 2.45) is 5.11 Å². The SMILES string of the molecule is Cc1nc(-c2onc(C)c2NC(=O)O[C@H](C)c2ccccc2Cl)ccc1CN=[N+]=[N-]. The van der Waals surface area contributed by atoms with Crippen molar-refractivity contribution in [2.75, 3.05) is 5.32 Å². The number of aryl methyl sites for hydroxylation is 2. The van der Waals surface area contributed by atoms with Gasteiger partial charge >= 0.3 is 6.09 Å². The van der Waals surface area contributed by atoms with Gasteiger partial charge in [0.05, 0.1) is 6.54 Å². The van der Waals surface area contributed by atoms with Crippen molar-refractivity contribution in [3.05, 3.63) is 74.4 Å². The lowest BCUT2D eigenvalue weighted by Gasteiger charge is -2.15. The monoisotopic (exact) mass is 426 g/mol. The van der Waals surface area contributed by atoms with Crippen molar-refractivity contribution in [2.45, 2.75) is 33.4 Å². The predicted molar refractivity (Wildman–Crippen MR) is 112 cm³/mol. The van der Waals surface area contributed by atoms with Gasteiger partial charge < -0.3 is 9.26 Å². The number of amides is 1. The van der Waals surface area contributed by atoms with E-state index in [1.54, 1.807) is 51.1 Å². The van der Waals surface area contributed by atoms with Crippen LogP contribution in [0.25, 0.3) is 21.9 Å².